The lowest BCUT2D eigenvalue weighted by Gasteiger charge is -2.42. The molecule has 5 rings (SSSR count). The molecular formula is C21H24N6. The van der Waals surface area contributed by atoms with Crippen molar-refractivity contribution in [3.8, 4) is 11.4 Å². The van der Waals surface area contributed by atoms with Crippen molar-refractivity contribution in [3.05, 3.63) is 43.0 Å². The Kier molecular flexibility index (Phi) is 4.01. The standard InChI is InChI=1S/C21H24N6/c1-15-12-24-14-21(15)5-10-27(11-6-21)20-17-4-9-23-13-18(17)25-19(26-20)16-2-7-22-8-3-16/h2-4,7-9,13,15,24H,5-6,10-12,14H2,1H3/t15-/m1/s1. The van der Waals surface area contributed by atoms with E-state index in [9.17, 15) is 0 Å². The monoisotopic (exact) mass is 360 g/mol. The van der Waals surface area contributed by atoms with Crippen LogP contribution in [0.4, 0.5) is 5.82 Å². The molecule has 0 amide bonds. The van der Waals surface area contributed by atoms with Crippen LogP contribution in [0.2, 0.25) is 0 Å². The van der Waals surface area contributed by atoms with Gasteiger partial charge in [0.2, 0.25) is 0 Å². The fourth-order valence-electron chi connectivity index (χ4n) is 4.60. The van der Waals surface area contributed by atoms with Gasteiger partial charge in [-0.15, -0.1) is 0 Å². The third-order valence-corrected chi connectivity index (χ3v) is 6.45. The first-order chi connectivity index (χ1) is 13.3. The fraction of sp³-hybridized carbons (Fsp3) is 0.429. The summed E-state index contributed by atoms with van der Waals surface area (Å²) in [5, 5.41) is 4.67. The van der Waals surface area contributed by atoms with E-state index in [4.69, 9.17) is 9.97 Å². The van der Waals surface area contributed by atoms with Gasteiger partial charge >= 0.3 is 0 Å². The topological polar surface area (TPSA) is 66.8 Å². The number of hydrogen-bond donors (Lipinski definition) is 1. The van der Waals surface area contributed by atoms with Crippen molar-refractivity contribution < 1.29 is 0 Å². The van der Waals surface area contributed by atoms with Crippen molar-refractivity contribution in [2.45, 2.75) is 19.8 Å². The number of nitrogens with zero attached hydrogens (tertiary/aromatic N) is 5. The Hall–Kier alpha value is -2.60. The van der Waals surface area contributed by atoms with E-state index in [1.165, 1.54) is 12.8 Å². The van der Waals surface area contributed by atoms with Crippen molar-refractivity contribution in [2.24, 2.45) is 11.3 Å². The molecule has 6 heteroatoms. The van der Waals surface area contributed by atoms with Gasteiger partial charge in [-0.1, -0.05) is 6.92 Å². The molecule has 2 aliphatic rings. The second-order valence-electron chi connectivity index (χ2n) is 7.88. The van der Waals surface area contributed by atoms with E-state index in [-0.39, 0.29) is 0 Å². The minimum Gasteiger partial charge on any atom is -0.356 e. The zero-order valence-electron chi connectivity index (χ0n) is 15.6. The Labute approximate surface area is 159 Å². The van der Waals surface area contributed by atoms with Crippen LogP contribution in [0.3, 0.4) is 0 Å². The summed E-state index contributed by atoms with van der Waals surface area (Å²) in [5.74, 6) is 2.52. The van der Waals surface area contributed by atoms with Crippen LogP contribution in [0.25, 0.3) is 22.3 Å². The summed E-state index contributed by atoms with van der Waals surface area (Å²) in [7, 11) is 0. The summed E-state index contributed by atoms with van der Waals surface area (Å²) >= 11 is 0. The Morgan fingerprint density at radius 2 is 1.81 bits per heavy atom. The molecule has 0 radical (unpaired) electrons. The molecule has 0 saturated carbocycles. The molecule has 0 unspecified atom stereocenters. The van der Waals surface area contributed by atoms with Crippen LogP contribution in [0.5, 0.6) is 0 Å². The van der Waals surface area contributed by atoms with E-state index in [1.54, 1.807) is 12.4 Å². The minimum absolute atomic E-state index is 0.453. The first-order valence-corrected chi connectivity index (χ1v) is 9.73. The zero-order chi connectivity index (χ0) is 18.3. The lowest BCUT2D eigenvalue weighted by Crippen LogP contribution is -2.44. The van der Waals surface area contributed by atoms with Crippen LogP contribution >= 0.6 is 0 Å². The first kappa shape index (κ1) is 16.6. The second-order valence-corrected chi connectivity index (χ2v) is 7.88. The van der Waals surface area contributed by atoms with Gasteiger partial charge in [-0.3, -0.25) is 9.97 Å². The van der Waals surface area contributed by atoms with Crippen molar-refractivity contribution in [3.63, 3.8) is 0 Å². The summed E-state index contributed by atoms with van der Waals surface area (Å²) in [4.78, 5) is 20.5. The third-order valence-electron chi connectivity index (χ3n) is 6.45. The molecular weight excluding hydrogens is 336 g/mol. The van der Waals surface area contributed by atoms with Crippen LogP contribution in [0.1, 0.15) is 19.8 Å². The molecule has 0 aliphatic carbocycles. The number of fused-ring (bicyclic) bond motifs is 1. The average Bonchev–Trinajstić information content (AvgIpc) is 3.08. The van der Waals surface area contributed by atoms with Gasteiger partial charge in [0.05, 0.1) is 11.7 Å². The highest BCUT2D eigenvalue weighted by molar-refractivity contribution is 5.90. The van der Waals surface area contributed by atoms with Gasteiger partial charge < -0.3 is 10.2 Å². The summed E-state index contributed by atoms with van der Waals surface area (Å²) in [5.41, 5.74) is 2.33. The fourth-order valence-corrected chi connectivity index (χ4v) is 4.60. The van der Waals surface area contributed by atoms with Gasteiger partial charge in [-0.2, -0.15) is 0 Å². The molecule has 3 aromatic heterocycles. The van der Waals surface area contributed by atoms with Gasteiger partial charge in [0.1, 0.15) is 5.82 Å². The molecule has 0 bridgehead atoms. The molecule has 138 valence electrons. The zero-order valence-corrected chi connectivity index (χ0v) is 15.6. The Bertz CT molecular complexity index is 949. The SMILES string of the molecule is C[C@@H]1CNCC12CCN(c1nc(-c3ccncc3)nc3cnccc13)CC2. The maximum Gasteiger partial charge on any atom is 0.162 e. The summed E-state index contributed by atoms with van der Waals surface area (Å²) < 4.78 is 0. The largest absolute Gasteiger partial charge is 0.356 e. The smallest absolute Gasteiger partial charge is 0.162 e. The lowest BCUT2D eigenvalue weighted by molar-refractivity contribution is 0.183. The number of piperidine rings is 1. The molecule has 27 heavy (non-hydrogen) atoms. The highest BCUT2D eigenvalue weighted by Gasteiger charge is 2.42. The van der Waals surface area contributed by atoms with E-state index < -0.39 is 0 Å². The van der Waals surface area contributed by atoms with Crippen LogP contribution in [0.15, 0.2) is 43.0 Å². The molecule has 0 aromatic carbocycles. The maximum atomic E-state index is 4.97. The van der Waals surface area contributed by atoms with E-state index in [2.05, 4.69) is 27.1 Å². The Balaban J connectivity index is 1.53. The summed E-state index contributed by atoms with van der Waals surface area (Å²) in [6.45, 7) is 6.77. The van der Waals surface area contributed by atoms with Gasteiger partial charge in [0.25, 0.3) is 0 Å². The van der Waals surface area contributed by atoms with Crippen molar-refractivity contribution >= 4 is 16.7 Å². The van der Waals surface area contributed by atoms with Crippen molar-refractivity contribution in [2.75, 3.05) is 31.1 Å². The predicted molar refractivity (Wildman–Crippen MR) is 106 cm³/mol. The highest BCUT2D eigenvalue weighted by atomic mass is 15.2. The van der Waals surface area contributed by atoms with Gasteiger partial charge in [0, 0.05) is 49.2 Å². The summed E-state index contributed by atoms with van der Waals surface area (Å²) in [6.07, 6.45) is 9.65. The van der Waals surface area contributed by atoms with Gasteiger partial charge in [-0.25, -0.2) is 9.97 Å². The predicted octanol–water partition coefficient (Wildman–Crippen LogP) is 2.91. The minimum atomic E-state index is 0.453. The molecule has 1 N–H and O–H groups in total. The quantitative estimate of drug-likeness (QED) is 0.758. The normalized spacial score (nSPS) is 21.8. The van der Waals surface area contributed by atoms with E-state index in [1.807, 2.05) is 30.6 Å². The first-order valence-electron chi connectivity index (χ1n) is 9.73. The Morgan fingerprint density at radius 3 is 2.56 bits per heavy atom. The van der Waals surface area contributed by atoms with Crippen LogP contribution in [0, 0.1) is 11.3 Å². The second kappa shape index (κ2) is 6.53. The lowest BCUT2D eigenvalue weighted by atomic mass is 9.71. The molecule has 1 atom stereocenters. The van der Waals surface area contributed by atoms with E-state index >= 15 is 0 Å². The number of hydrogen-bond acceptors (Lipinski definition) is 6. The third kappa shape index (κ3) is 2.84. The number of rotatable bonds is 2. The Morgan fingerprint density at radius 1 is 1.04 bits per heavy atom. The number of aromatic nitrogens is 4. The molecule has 3 aromatic rings. The molecule has 5 heterocycles. The van der Waals surface area contributed by atoms with Crippen LogP contribution in [-0.2, 0) is 0 Å². The van der Waals surface area contributed by atoms with Crippen molar-refractivity contribution in [1.29, 1.82) is 0 Å². The summed E-state index contributed by atoms with van der Waals surface area (Å²) in [6, 6.07) is 5.95. The number of pyridine rings is 2. The molecule has 2 fully saturated rings. The van der Waals surface area contributed by atoms with E-state index in [0.717, 1.165) is 60.2 Å². The highest BCUT2D eigenvalue weighted by Crippen LogP contribution is 2.42. The van der Waals surface area contributed by atoms with Crippen LogP contribution in [-0.4, -0.2) is 46.1 Å². The molecule has 2 aliphatic heterocycles. The average molecular weight is 360 g/mol. The van der Waals surface area contributed by atoms with E-state index in [0.29, 0.717) is 5.41 Å². The molecule has 2 saturated heterocycles. The van der Waals surface area contributed by atoms with Crippen molar-refractivity contribution in [1.82, 2.24) is 25.3 Å². The van der Waals surface area contributed by atoms with Gasteiger partial charge in [-0.05, 0) is 48.9 Å². The number of nitrogens with one attached hydrogen (secondary N) is 1. The van der Waals surface area contributed by atoms with Gasteiger partial charge in [0.15, 0.2) is 5.82 Å². The molecule has 1 spiro atoms. The number of anilines is 1. The molecule has 6 nitrogen and oxygen atoms in total. The maximum absolute atomic E-state index is 4.97. The van der Waals surface area contributed by atoms with Crippen LogP contribution < -0.4 is 10.2 Å².